The third-order valence-corrected chi connectivity index (χ3v) is 4.33. The lowest BCUT2D eigenvalue weighted by Gasteiger charge is -2.25. The Balaban J connectivity index is 1.73. The zero-order valence-electron chi connectivity index (χ0n) is 14.3. The summed E-state index contributed by atoms with van der Waals surface area (Å²) in [6.07, 6.45) is 2.61. The van der Waals surface area contributed by atoms with Gasteiger partial charge in [-0.25, -0.2) is 4.79 Å². The van der Waals surface area contributed by atoms with Crippen LogP contribution in [0, 0.1) is 12.8 Å². The summed E-state index contributed by atoms with van der Waals surface area (Å²) >= 11 is 0. The second-order valence-corrected chi connectivity index (χ2v) is 6.62. The van der Waals surface area contributed by atoms with E-state index in [1.165, 1.54) is 0 Å². The summed E-state index contributed by atoms with van der Waals surface area (Å²) in [5, 5.41) is 12.8. The molecule has 1 saturated carbocycles. The number of hydrogen-bond acceptors (Lipinski definition) is 3. The lowest BCUT2D eigenvalue weighted by molar-refractivity contribution is 0.113. The number of amides is 2. The SMILES string of the molecule is Cc1cccc(OCC(C)NC(=O)N(C)CC2CCCC2O)c1. The second-order valence-electron chi connectivity index (χ2n) is 6.62. The first kappa shape index (κ1) is 17.6. The zero-order valence-corrected chi connectivity index (χ0v) is 14.3. The van der Waals surface area contributed by atoms with Crippen molar-refractivity contribution in [1.29, 1.82) is 0 Å². The van der Waals surface area contributed by atoms with E-state index < -0.39 is 0 Å². The number of carbonyl (C=O) groups is 1. The maximum Gasteiger partial charge on any atom is 0.317 e. The molecular formula is C18H28N2O3. The first-order valence-electron chi connectivity index (χ1n) is 8.35. The molecule has 1 fully saturated rings. The minimum absolute atomic E-state index is 0.0843. The highest BCUT2D eigenvalue weighted by molar-refractivity contribution is 5.74. The minimum Gasteiger partial charge on any atom is -0.491 e. The van der Waals surface area contributed by atoms with E-state index in [4.69, 9.17) is 4.74 Å². The Morgan fingerprint density at radius 3 is 2.91 bits per heavy atom. The molecule has 5 heteroatoms. The molecule has 3 atom stereocenters. The van der Waals surface area contributed by atoms with Gasteiger partial charge in [0.05, 0.1) is 12.1 Å². The van der Waals surface area contributed by atoms with Crippen LogP contribution in [0.2, 0.25) is 0 Å². The third-order valence-electron chi connectivity index (χ3n) is 4.33. The summed E-state index contributed by atoms with van der Waals surface area (Å²) in [4.78, 5) is 13.8. The van der Waals surface area contributed by atoms with Crippen LogP contribution in [0.5, 0.6) is 5.75 Å². The Labute approximate surface area is 138 Å². The standard InChI is InChI=1S/C18H28N2O3/c1-13-6-4-8-16(10-13)23-12-14(2)19-18(22)20(3)11-15-7-5-9-17(15)21/h4,6,8,10,14-15,17,21H,5,7,9,11-12H2,1-3H3,(H,19,22). The van der Waals surface area contributed by atoms with Gasteiger partial charge in [0.1, 0.15) is 12.4 Å². The highest BCUT2D eigenvalue weighted by Gasteiger charge is 2.27. The van der Waals surface area contributed by atoms with Crippen LogP contribution in [0.1, 0.15) is 31.7 Å². The molecule has 0 aliphatic heterocycles. The van der Waals surface area contributed by atoms with Crippen molar-refractivity contribution in [1.82, 2.24) is 10.2 Å². The maximum atomic E-state index is 12.2. The molecule has 0 spiro atoms. The number of urea groups is 1. The summed E-state index contributed by atoms with van der Waals surface area (Å²) < 4.78 is 5.71. The molecule has 0 bridgehead atoms. The van der Waals surface area contributed by atoms with E-state index in [-0.39, 0.29) is 24.1 Å². The Kier molecular flexibility index (Phi) is 6.28. The molecule has 23 heavy (non-hydrogen) atoms. The van der Waals surface area contributed by atoms with Crippen molar-refractivity contribution >= 4 is 6.03 Å². The van der Waals surface area contributed by atoms with Crippen molar-refractivity contribution in [3.05, 3.63) is 29.8 Å². The average molecular weight is 320 g/mol. The number of rotatable bonds is 6. The van der Waals surface area contributed by atoms with Crippen LogP contribution in [0.4, 0.5) is 4.79 Å². The fourth-order valence-corrected chi connectivity index (χ4v) is 2.95. The van der Waals surface area contributed by atoms with Crippen molar-refractivity contribution in [3.8, 4) is 5.75 Å². The van der Waals surface area contributed by atoms with Gasteiger partial charge in [0.25, 0.3) is 0 Å². The van der Waals surface area contributed by atoms with E-state index in [0.29, 0.717) is 13.2 Å². The Morgan fingerprint density at radius 1 is 1.48 bits per heavy atom. The number of aryl methyl sites for hydroxylation is 1. The summed E-state index contributed by atoms with van der Waals surface area (Å²) in [5.41, 5.74) is 1.15. The van der Waals surface area contributed by atoms with Gasteiger partial charge in [-0.05, 0) is 44.4 Å². The summed E-state index contributed by atoms with van der Waals surface area (Å²) in [5.74, 6) is 1.01. The molecule has 5 nitrogen and oxygen atoms in total. The smallest absolute Gasteiger partial charge is 0.317 e. The largest absolute Gasteiger partial charge is 0.491 e. The lowest BCUT2D eigenvalue weighted by Crippen LogP contribution is -2.46. The van der Waals surface area contributed by atoms with Crippen LogP contribution >= 0.6 is 0 Å². The molecule has 1 aliphatic carbocycles. The van der Waals surface area contributed by atoms with Gasteiger partial charge < -0.3 is 20.1 Å². The van der Waals surface area contributed by atoms with Crippen molar-refractivity contribution in [3.63, 3.8) is 0 Å². The Hall–Kier alpha value is -1.75. The first-order chi connectivity index (χ1) is 11.0. The van der Waals surface area contributed by atoms with Gasteiger partial charge in [0.2, 0.25) is 0 Å². The number of carbonyl (C=O) groups excluding carboxylic acids is 1. The quantitative estimate of drug-likeness (QED) is 0.847. The molecule has 0 saturated heterocycles. The lowest BCUT2D eigenvalue weighted by atomic mass is 10.1. The predicted octanol–water partition coefficient (Wildman–Crippen LogP) is 2.56. The number of benzene rings is 1. The van der Waals surface area contributed by atoms with Crippen molar-refractivity contribution in [2.75, 3.05) is 20.2 Å². The van der Waals surface area contributed by atoms with Gasteiger partial charge in [-0.3, -0.25) is 0 Å². The molecule has 2 rings (SSSR count). The topological polar surface area (TPSA) is 61.8 Å². The Morgan fingerprint density at radius 2 is 2.26 bits per heavy atom. The number of hydrogen-bond donors (Lipinski definition) is 2. The summed E-state index contributed by atoms with van der Waals surface area (Å²) in [7, 11) is 1.77. The van der Waals surface area contributed by atoms with Crippen LogP contribution in [-0.2, 0) is 0 Å². The number of nitrogens with one attached hydrogen (secondary N) is 1. The summed E-state index contributed by atoms with van der Waals surface area (Å²) in [6.45, 7) is 4.96. The van der Waals surface area contributed by atoms with E-state index in [1.54, 1.807) is 11.9 Å². The maximum absolute atomic E-state index is 12.2. The van der Waals surface area contributed by atoms with Crippen LogP contribution < -0.4 is 10.1 Å². The van der Waals surface area contributed by atoms with Crippen molar-refractivity contribution in [2.24, 2.45) is 5.92 Å². The van der Waals surface area contributed by atoms with Gasteiger partial charge in [-0.15, -0.1) is 0 Å². The van der Waals surface area contributed by atoms with Crippen molar-refractivity contribution in [2.45, 2.75) is 45.3 Å². The monoisotopic (exact) mass is 320 g/mol. The van der Waals surface area contributed by atoms with Crippen LogP contribution in [0.15, 0.2) is 24.3 Å². The molecule has 1 aromatic carbocycles. The van der Waals surface area contributed by atoms with Crippen LogP contribution in [0.3, 0.4) is 0 Å². The highest BCUT2D eigenvalue weighted by atomic mass is 16.5. The number of nitrogens with zero attached hydrogens (tertiary/aromatic N) is 1. The highest BCUT2D eigenvalue weighted by Crippen LogP contribution is 2.25. The van der Waals surface area contributed by atoms with E-state index in [2.05, 4.69) is 5.32 Å². The molecule has 1 aromatic rings. The van der Waals surface area contributed by atoms with Gasteiger partial charge in [0.15, 0.2) is 0 Å². The molecule has 0 aromatic heterocycles. The van der Waals surface area contributed by atoms with Gasteiger partial charge in [-0.2, -0.15) is 0 Å². The normalized spacial score (nSPS) is 21.7. The fraction of sp³-hybridized carbons (Fsp3) is 0.611. The van der Waals surface area contributed by atoms with E-state index in [1.807, 2.05) is 38.1 Å². The van der Waals surface area contributed by atoms with Gasteiger partial charge >= 0.3 is 6.03 Å². The Bertz CT molecular complexity index is 521. The van der Waals surface area contributed by atoms with Crippen molar-refractivity contribution < 1.29 is 14.6 Å². The molecule has 0 heterocycles. The van der Waals surface area contributed by atoms with Gasteiger partial charge in [-0.1, -0.05) is 18.6 Å². The molecule has 0 radical (unpaired) electrons. The van der Waals surface area contributed by atoms with E-state index in [0.717, 1.165) is 30.6 Å². The van der Waals surface area contributed by atoms with Gasteiger partial charge in [0, 0.05) is 19.5 Å². The zero-order chi connectivity index (χ0) is 16.8. The predicted molar refractivity (Wildman–Crippen MR) is 90.6 cm³/mol. The molecule has 3 unspecified atom stereocenters. The molecule has 1 aliphatic rings. The molecule has 128 valence electrons. The average Bonchev–Trinajstić information content (AvgIpc) is 2.90. The summed E-state index contributed by atoms with van der Waals surface area (Å²) in [6, 6.07) is 7.65. The molecular weight excluding hydrogens is 292 g/mol. The van der Waals surface area contributed by atoms with E-state index in [9.17, 15) is 9.90 Å². The minimum atomic E-state index is -0.271. The van der Waals surface area contributed by atoms with Crippen LogP contribution in [-0.4, -0.2) is 48.4 Å². The number of aliphatic hydroxyl groups excluding tert-OH is 1. The number of aliphatic hydroxyl groups is 1. The molecule has 2 amide bonds. The fourth-order valence-electron chi connectivity index (χ4n) is 2.95. The second kappa shape index (κ2) is 8.20. The first-order valence-corrected chi connectivity index (χ1v) is 8.35. The third kappa shape index (κ3) is 5.43. The molecule has 2 N–H and O–H groups in total. The van der Waals surface area contributed by atoms with Crippen LogP contribution in [0.25, 0.3) is 0 Å². The van der Waals surface area contributed by atoms with E-state index >= 15 is 0 Å². The number of ether oxygens (including phenoxy) is 1.